The second kappa shape index (κ2) is 5.56. The maximum atomic E-state index is 13.0. The predicted molar refractivity (Wildman–Crippen MR) is 65.8 cm³/mol. The summed E-state index contributed by atoms with van der Waals surface area (Å²) in [6.07, 6.45) is 5.11. The summed E-state index contributed by atoms with van der Waals surface area (Å²) >= 11 is 0. The zero-order valence-corrected chi connectivity index (χ0v) is 10.3. The fraction of sp³-hybridized carbons (Fsp3) is 0.615. The van der Waals surface area contributed by atoms with Crippen LogP contribution in [0.5, 0.6) is 0 Å². The molecular weight excluding hydrogens is 217 g/mol. The SMILES string of the molecule is CCC1CN(Cc2cncc(F)c2)CCC1N. The number of hydrogen-bond donors (Lipinski definition) is 1. The number of nitrogens with two attached hydrogens (primary N) is 1. The van der Waals surface area contributed by atoms with Crippen LogP contribution in [0.25, 0.3) is 0 Å². The standard InChI is InChI=1S/C13H20FN3/c1-2-11-9-17(4-3-13(11)15)8-10-5-12(14)7-16-6-10/h5-7,11,13H,2-4,8-9,15H2,1H3. The van der Waals surface area contributed by atoms with Crippen molar-refractivity contribution in [1.82, 2.24) is 9.88 Å². The fourth-order valence-electron chi connectivity index (χ4n) is 2.50. The summed E-state index contributed by atoms with van der Waals surface area (Å²) in [5.41, 5.74) is 7.01. The number of halogens is 1. The van der Waals surface area contributed by atoms with Crippen molar-refractivity contribution >= 4 is 0 Å². The van der Waals surface area contributed by atoms with E-state index in [2.05, 4.69) is 16.8 Å². The van der Waals surface area contributed by atoms with E-state index in [1.807, 2.05) is 0 Å². The molecule has 0 aliphatic carbocycles. The molecule has 17 heavy (non-hydrogen) atoms. The summed E-state index contributed by atoms with van der Waals surface area (Å²) in [7, 11) is 0. The van der Waals surface area contributed by atoms with Gasteiger partial charge in [0.2, 0.25) is 0 Å². The van der Waals surface area contributed by atoms with Crippen molar-refractivity contribution in [3.63, 3.8) is 0 Å². The monoisotopic (exact) mass is 237 g/mol. The van der Waals surface area contributed by atoms with Crippen LogP contribution in [0.1, 0.15) is 25.3 Å². The molecule has 2 rings (SSSR count). The van der Waals surface area contributed by atoms with Crippen molar-refractivity contribution in [3.05, 3.63) is 29.8 Å². The maximum Gasteiger partial charge on any atom is 0.141 e. The average Bonchev–Trinajstić information content (AvgIpc) is 2.32. The summed E-state index contributed by atoms with van der Waals surface area (Å²) in [6.45, 7) is 4.95. The van der Waals surface area contributed by atoms with Crippen molar-refractivity contribution in [2.24, 2.45) is 11.7 Å². The predicted octanol–water partition coefficient (Wildman–Crippen LogP) is 1.78. The minimum atomic E-state index is -0.261. The van der Waals surface area contributed by atoms with Gasteiger partial charge in [0.25, 0.3) is 0 Å². The number of piperidine rings is 1. The molecule has 2 N–H and O–H groups in total. The van der Waals surface area contributed by atoms with Gasteiger partial charge in [-0.15, -0.1) is 0 Å². The molecule has 1 saturated heterocycles. The molecule has 2 unspecified atom stereocenters. The van der Waals surface area contributed by atoms with Crippen molar-refractivity contribution in [2.45, 2.75) is 32.4 Å². The second-order valence-electron chi connectivity index (χ2n) is 4.87. The highest BCUT2D eigenvalue weighted by Crippen LogP contribution is 2.20. The topological polar surface area (TPSA) is 42.2 Å². The number of aromatic nitrogens is 1. The summed E-state index contributed by atoms with van der Waals surface area (Å²) in [5, 5.41) is 0. The van der Waals surface area contributed by atoms with E-state index in [0.717, 1.165) is 38.0 Å². The van der Waals surface area contributed by atoms with Gasteiger partial charge in [-0.05, 0) is 30.5 Å². The van der Waals surface area contributed by atoms with Gasteiger partial charge in [-0.1, -0.05) is 13.3 Å². The molecule has 2 atom stereocenters. The lowest BCUT2D eigenvalue weighted by Gasteiger charge is -2.36. The molecule has 1 aliphatic rings. The van der Waals surface area contributed by atoms with Gasteiger partial charge >= 0.3 is 0 Å². The number of likely N-dealkylation sites (tertiary alicyclic amines) is 1. The Bertz CT molecular complexity index is 369. The number of pyridine rings is 1. The first kappa shape index (κ1) is 12.5. The van der Waals surface area contributed by atoms with Crippen LogP contribution in [-0.4, -0.2) is 29.0 Å². The lowest BCUT2D eigenvalue weighted by atomic mass is 9.90. The van der Waals surface area contributed by atoms with Crippen molar-refractivity contribution in [2.75, 3.05) is 13.1 Å². The second-order valence-corrected chi connectivity index (χ2v) is 4.87. The Balaban J connectivity index is 1.95. The van der Waals surface area contributed by atoms with E-state index < -0.39 is 0 Å². The van der Waals surface area contributed by atoms with Crippen LogP contribution in [0.2, 0.25) is 0 Å². The highest BCUT2D eigenvalue weighted by Gasteiger charge is 2.25. The highest BCUT2D eigenvalue weighted by molar-refractivity contribution is 5.10. The lowest BCUT2D eigenvalue weighted by Crippen LogP contribution is -2.46. The normalized spacial score (nSPS) is 26.1. The molecule has 0 radical (unpaired) electrons. The first-order chi connectivity index (χ1) is 8.19. The minimum Gasteiger partial charge on any atom is -0.327 e. The van der Waals surface area contributed by atoms with Crippen LogP contribution in [0, 0.1) is 11.7 Å². The van der Waals surface area contributed by atoms with Crippen LogP contribution in [0.4, 0.5) is 4.39 Å². The maximum absolute atomic E-state index is 13.0. The fourth-order valence-corrected chi connectivity index (χ4v) is 2.50. The highest BCUT2D eigenvalue weighted by atomic mass is 19.1. The van der Waals surface area contributed by atoms with E-state index in [1.54, 1.807) is 12.3 Å². The van der Waals surface area contributed by atoms with Gasteiger partial charge in [-0.3, -0.25) is 9.88 Å². The van der Waals surface area contributed by atoms with Gasteiger partial charge in [0.15, 0.2) is 0 Å². The van der Waals surface area contributed by atoms with Crippen LogP contribution >= 0.6 is 0 Å². The largest absolute Gasteiger partial charge is 0.327 e. The lowest BCUT2D eigenvalue weighted by molar-refractivity contribution is 0.145. The molecule has 0 amide bonds. The van der Waals surface area contributed by atoms with E-state index in [1.165, 1.54) is 6.20 Å². The molecule has 2 heterocycles. The summed E-state index contributed by atoms with van der Waals surface area (Å²) in [6, 6.07) is 1.88. The molecule has 0 spiro atoms. The Morgan fingerprint density at radius 3 is 3.06 bits per heavy atom. The zero-order chi connectivity index (χ0) is 12.3. The van der Waals surface area contributed by atoms with Gasteiger partial charge in [0.05, 0.1) is 6.20 Å². The molecule has 0 aromatic carbocycles. The third-order valence-corrected chi connectivity index (χ3v) is 3.57. The number of nitrogens with zero attached hydrogens (tertiary/aromatic N) is 2. The van der Waals surface area contributed by atoms with E-state index in [4.69, 9.17) is 5.73 Å². The first-order valence-corrected chi connectivity index (χ1v) is 6.26. The molecule has 0 bridgehead atoms. The van der Waals surface area contributed by atoms with Gasteiger partial charge < -0.3 is 5.73 Å². The summed E-state index contributed by atoms with van der Waals surface area (Å²) in [5.74, 6) is 0.300. The molecule has 1 aliphatic heterocycles. The Morgan fingerprint density at radius 2 is 2.35 bits per heavy atom. The summed E-state index contributed by atoms with van der Waals surface area (Å²) in [4.78, 5) is 6.22. The molecule has 1 fully saturated rings. The molecule has 3 nitrogen and oxygen atoms in total. The van der Waals surface area contributed by atoms with Crippen LogP contribution in [0.3, 0.4) is 0 Å². The van der Waals surface area contributed by atoms with Crippen molar-refractivity contribution in [1.29, 1.82) is 0 Å². The Hall–Kier alpha value is -1.00. The van der Waals surface area contributed by atoms with E-state index in [-0.39, 0.29) is 5.82 Å². The smallest absolute Gasteiger partial charge is 0.141 e. The number of hydrogen-bond acceptors (Lipinski definition) is 3. The van der Waals surface area contributed by atoms with Gasteiger partial charge in [0.1, 0.15) is 5.82 Å². The third-order valence-electron chi connectivity index (χ3n) is 3.57. The average molecular weight is 237 g/mol. The Kier molecular flexibility index (Phi) is 4.07. The van der Waals surface area contributed by atoms with E-state index in [9.17, 15) is 4.39 Å². The minimum absolute atomic E-state index is 0.261. The van der Waals surface area contributed by atoms with Crippen molar-refractivity contribution in [3.8, 4) is 0 Å². The zero-order valence-electron chi connectivity index (χ0n) is 10.3. The van der Waals surface area contributed by atoms with Crippen LogP contribution in [0.15, 0.2) is 18.5 Å². The van der Waals surface area contributed by atoms with Crippen LogP contribution < -0.4 is 5.73 Å². The third kappa shape index (κ3) is 3.23. The molecule has 94 valence electrons. The molecule has 1 aromatic heterocycles. The van der Waals surface area contributed by atoms with E-state index >= 15 is 0 Å². The number of rotatable bonds is 3. The van der Waals surface area contributed by atoms with Gasteiger partial charge in [-0.25, -0.2) is 4.39 Å². The molecule has 4 heteroatoms. The Labute approximate surface area is 102 Å². The van der Waals surface area contributed by atoms with Gasteiger partial charge in [0, 0.05) is 25.3 Å². The van der Waals surface area contributed by atoms with Crippen molar-refractivity contribution < 1.29 is 4.39 Å². The molecule has 1 aromatic rings. The van der Waals surface area contributed by atoms with Gasteiger partial charge in [-0.2, -0.15) is 0 Å². The van der Waals surface area contributed by atoms with Crippen LogP contribution in [-0.2, 0) is 6.54 Å². The molecule has 0 saturated carbocycles. The first-order valence-electron chi connectivity index (χ1n) is 6.26. The molecular formula is C13H20FN3. The summed E-state index contributed by atoms with van der Waals surface area (Å²) < 4.78 is 13.0. The van der Waals surface area contributed by atoms with E-state index in [0.29, 0.717) is 12.0 Å². The quantitative estimate of drug-likeness (QED) is 0.871. The Morgan fingerprint density at radius 1 is 1.53 bits per heavy atom.